The maximum atomic E-state index is 12.5. The summed E-state index contributed by atoms with van der Waals surface area (Å²) in [5.41, 5.74) is 8.26. The van der Waals surface area contributed by atoms with Crippen LogP contribution in [0.4, 0.5) is 5.69 Å². The number of hydrogen-bond donors (Lipinski definition) is 2. The Morgan fingerprint density at radius 1 is 1.40 bits per heavy atom. The van der Waals surface area contributed by atoms with Crippen LogP contribution in [0.3, 0.4) is 0 Å². The predicted octanol–water partition coefficient (Wildman–Crippen LogP) is 4.04. The van der Waals surface area contributed by atoms with Gasteiger partial charge in [0.1, 0.15) is 0 Å². The molecule has 110 valence electrons. The van der Waals surface area contributed by atoms with Crippen LogP contribution in [0.5, 0.6) is 0 Å². The van der Waals surface area contributed by atoms with Crippen LogP contribution in [0.1, 0.15) is 55.5 Å². The van der Waals surface area contributed by atoms with E-state index < -0.39 is 0 Å². The van der Waals surface area contributed by atoms with Crippen molar-refractivity contribution in [1.29, 1.82) is 0 Å². The first-order chi connectivity index (χ1) is 9.31. The summed E-state index contributed by atoms with van der Waals surface area (Å²) in [4.78, 5) is 12.5. The molecule has 0 heterocycles. The lowest BCUT2D eigenvalue weighted by molar-refractivity contribution is 0.0853. The van der Waals surface area contributed by atoms with Crippen LogP contribution in [-0.2, 0) is 0 Å². The van der Waals surface area contributed by atoms with Gasteiger partial charge in [-0.15, -0.1) is 0 Å². The largest absolute Gasteiger partial charge is 0.398 e. The summed E-state index contributed by atoms with van der Waals surface area (Å²) in [6, 6.07) is 3.91. The predicted molar refractivity (Wildman–Crippen MR) is 86.8 cm³/mol. The molecule has 1 aliphatic rings. The molecule has 1 amide bonds. The number of nitrogens with two attached hydrogens (primary N) is 1. The molecule has 3 N–H and O–H groups in total. The minimum Gasteiger partial charge on any atom is -0.398 e. The van der Waals surface area contributed by atoms with Gasteiger partial charge in [0.15, 0.2) is 0 Å². The van der Waals surface area contributed by atoms with Crippen molar-refractivity contribution in [2.75, 3.05) is 5.73 Å². The SMILES string of the molecule is Cc1c(N)cc(Br)cc1C(=O)NC1CCCCC1(C)C. The van der Waals surface area contributed by atoms with Gasteiger partial charge in [-0.2, -0.15) is 0 Å². The second kappa shape index (κ2) is 5.76. The number of carbonyl (C=O) groups is 1. The lowest BCUT2D eigenvalue weighted by atomic mass is 9.73. The normalized spacial score (nSPS) is 21.5. The summed E-state index contributed by atoms with van der Waals surface area (Å²) in [7, 11) is 0. The zero-order valence-corrected chi connectivity index (χ0v) is 14.0. The van der Waals surface area contributed by atoms with Crippen LogP contribution in [0.2, 0.25) is 0 Å². The van der Waals surface area contributed by atoms with Gasteiger partial charge in [-0.05, 0) is 42.9 Å². The summed E-state index contributed by atoms with van der Waals surface area (Å²) in [5, 5.41) is 3.21. The highest BCUT2D eigenvalue weighted by Gasteiger charge is 2.33. The van der Waals surface area contributed by atoms with Crippen molar-refractivity contribution in [3.63, 3.8) is 0 Å². The van der Waals surface area contributed by atoms with Gasteiger partial charge in [-0.25, -0.2) is 0 Å². The number of rotatable bonds is 2. The van der Waals surface area contributed by atoms with Crippen molar-refractivity contribution in [2.24, 2.45) is 5.41 Å². The van der Waals surface area contributed by atoms with E-state index in [1.807, 2.05) is 19.1 Å². The number of hydrogen-bond acceptors (Lipinski definition) is 2. The van der Waals surface area contributed by atoms with Crippen molar-refractivity contribution in [3.05, 3.63) is 27.7 Å². The van der Waals surface area contributed by atoms with Gasteiger partial charge in [-0.1, -0.05) is 42.6 Å². The van der Waals surface area contributed by atoms with Gasteiger partial charge in [0.25, 0.3) is 5.91 Å². The van der Waals surface area contributed by atoms with Crippen molar-refractivity contribution in [3.8, 4) is 0 Å². The molecule has 4 heteroatoms. The maximum Gasteiger partial charge on any atom is 0.251 e. The van der Waals surface area contributed by atoms with E-state index >= 15 is 0 Å². The van der Waals surface area contributed by atoms with Gasteiger partial charge in [0.05, 0.1) is 0 Å². The lowest BCUT2D eigenvalue weighted by Crippen LogP contribution is -2.47. The van der Waals surface area contributed by atoms with Gasteiger partial charge in [0.2, 0.25) is 0 Å². The second-order valence-corrected chi connectivity index (χ2v) is 7.34. The molecule has 1 unspecified atom stereocenters. The zero-order chi connectivity index (χ0) is 14.9. The molecule has 20 heavy (non-hydrogen) atoms. The number of nitrogen functional groups attached to an aromatic ring is 1. The maximum absolute atomic E-state index is 12.5. The fourth-order valence-corrected chi connectivity index (χ4v) is 3.41. The summed E-state index contributed by atoms with van der Waals surface area (Å²) in [6.07, 6.45) is 4.66. The van der Waals surface area contributed by atoms with Gasteiger partial charge in [0, 0.05) is 21.8 Å². The molecule has 1 aliphatic carbocycles. The van der Waals surface area contributed by atoms with E-state index in [0.717, 1.165) is 22.9 Å². The second-order valence-electron chi connectivity index (χ2n) is 6.43. The number of carbonyl (C=O) groups excluding carboxylic acids is 1. The average Bonchev–Trinajstić information content (AvgIpc) is 2.36. The summed E-state index contributed by atoms with van der Waals surface area (Å²) in [6.45, 7) is 6.36. The monoisotopic (exact) mass is 338 g/mol. The van der Waals surface area contributed by atoms with Gasteiger partial charge in [-0.3, -0.25) is 4.79 Å². The molecular formula is C16H23BrN2O. The fraction of sp³-hybridized carbons (Fsp3) is 0.562. The minimum atomic E-state index is -0.0181. The molecule has 0 radical (unpaired) electrons. The zero-order valence-electron chi connectivity index (χ0n) is 12.4. The summed E-state index contributed by atoms with van der Waals surface area (Å²) < 4.78 is 0.841. The van der Waals surface area contributed by atoms with Crippen molar-refractivity contribution >= 4 is 27.5 Å². The molecule has 0 spiro atoms. The fourth-order valence-electron chi connectivity index (χ4n) is 2.93. The third kappa shape index (κ3) is 3.17. The van der Waals surface area contributed by atoms with Gasteiger partial charge >= 0.3 is 0 Å². The molecule has 1 atom stereocenters. The Morgan fingerprint density at radius 3 is 2.75 bits per heavy atom. The molecule has 0 bridgehead atoms. The number of amides is 1. The van der Waals surface area contributed by atoms with E-state index in [2.05, 4.69) is 35.1 Å². The van der Waals surface area contributed by atoms with Crippen LogP contribution in [-0.4, -0.2) is 11.9 Å². The number of benzene rings is 1. The first-order valence-corrected chi connectivity index (χ1v) is 7.97. The Kier molecular flexibility index (Phi) is 4.43. The Hall–Kier alpha value is -1.03. The van der Waals surface area contributed by atoms with E-state index in [-0.39, 0.29) is 17.4 Å². The molecule has 2 rings (SSSR count). The van der Waals surface area contributed by atoms with Crippen LogP contribution in [0.25, 0.3) is 0 Å². The first-order valence-electron chi connectivity index (χ1n) is 7.18. The Balaban J connectivity index is 2.20. The highest BCUT2D eigenvalue weighted by atomic mass is 79.9. The third-order valence-corrected chi connectivity index (χ3v) is 4.93. The Labute approximate surface area is 129 Å². The summed E-state index contributed by atoms with van der Waals surface area (Å²) in [5.74, 6) is -0.0181. The van der Waals surface area contributed by atoms with Crippen LogP contribution < -0.4 is 11.1 Å². The van der Waals surface area contributed by atoms with Crippen LogP contribution >= 0.6 is 15.9 Å². The third-order valence-electron chi connectivity index (χ3n) is 4.47. The molecule has 0 saturated heterocycles. The van der Waals surface area contributed by atoms with E-state index in [4.69, 9.17) is 5.73 Å². The number of nitrogens with one attached hydrogen (secondary N) is 1. The average molecular weight is 339 g/mol. The smallest absolute Gasteiger partial charge is 0.251 e. The van der Waals surface area contributed by atoms with Gasteiger partial charge < -0.3 is 11.1 Å². The quantitative estimate of drug-likeness (QED) is 0.799. The van der Waals surface area contributed by atoms with E-state index in [0.29, 0.717) is 11.3 Å². The molecule has 0 aliphatic heterocycles. The standard InChI is InChI=1S/C16H23BrN2O/c1-10-12(8-11(17)9-13(10)18)15(20)19-14-6-4-5-7-16(14,2)3/h8-9,14H,4-7,18H2,1-3H3,(H,19,20). The van der Waals surface area contributed by atoms with Crippen molar-refractivity contribution < 1.29 is 4.79 Å². The molecule has 1 saturated carbocycles. The molecular weight excluding hydrogens is 316 g/mol. The van der Waals surface area contributed by atoms with Crippen LogP contribution in [0, 0.1) is 12.3 Å². The highest BCUT2D eigenvalue weighted by Crippen LogP contribution is 2.35. The minimum absolute atomic E-state index is 0.0181. The van der Waals surface area contributed by atoms with Crippen LogP contribution in [0.15, 0.2) is 16.6 Å². The molecule has 1 aromatic rings. The molecule has 1 fully saturated rings. The number of anilines is 1. The van der Waals surface area contributed by atoms with E-state index in [1.54, 1.807) is 0 Å². The molecule has 1 aromatic carbocycles. The van der Waals surface area contributed by atoms with Crippen molar-refractivity contribution in [1.82, 2.24) is 5.32 Å². The number of halogens is 1. The Bertz CT molecular complexity index is 525. The first kappa shape index (κ1) is 15.4. The Morgan fingerprint density at radius 2 is 2.10 bits per heavy atom. The van der Waals surface area contributed by atoms with E-state index in [9.17, 15) is 4.79 Å². The lowest BCUT2D eigenvalue weighted by Gasteiger charge is -2.39. The molecule has 3 nitrogen and oxygen atoms in total. The van der Waals surface area contributed by atoms with Crippen molar-refractivity contribution in [2.45, 2.75) is 52.5 Å². The molecule has 0 aromatic heterocycles. The summed E-state index contributed by atoms with van der Waals surface area (Å²) >= 11 is 3.40. The van der Waals surface area contributed by atoms with E-state index in [1.165, 1.54) is 12.8 Å². The topological polar surface area (TPSA) is 55.1 Å². The highest BCUT2D eigenvalue weighted by molar-refractivity contribution is 9.10.